The third-order valence-electron chi connectivity index (χ3n) is 1.61. The van der Waals surface area contributed by atoms with E-state index in [1.165, 1.54) is 12.1 Å². The van der Waals surface area contributed by atoms with Gasteiger partial charge in [0.05, 0.1) is 11.3 Å². The smallest absolute Gasteiger partial charge is 0.274 e. The number of nitro groups is 1. The number of nitrogens with zero attached hydrogens (tertiary/aromatic N) is 1. The summed E-state index contributed by atoms with van der Waals surface area (Å²) in [7, 11) is 0. The lowest BCUT2D eigenvalue weighted by atomic mass is 10.1. The fraction of sp³-hybridized carbons (Fsp3) is 0.125. The van der Waals surface area contributed by atoms with Gasteiger partial charge in [-0.05, 0) is 6.07 Å². The summed E-state index contributed by atoms with van der Waals surface area (Å²) in [5.74, 6) is -0.588. The second kappa shape index (κ2) is 4.19. The monoisotopic (exact) mass is 258 g/mol. The van der Waals surface area contributed by atoms with E-state index in [0.29, 0.717) is 10.0 Å². The highest BCUT2D eigenvalue weighted by Crippen LogP contribution is 2.23. The second-order valence-corrected chi connectivity index (χ2v) is 3.59. The molecule has 0 bridgehead atoms. The largest absolute Gasteiger partial charge is 0.369 e. The Kier molecular flexibility index (Phi) is 3.19. The number of hydrogen-bond acceptors (Lipinski definition) is 3. The van der Waals surface area contributed by atoms with Crippen LogP contribution < -0.4 is 5.73 Å². The number of benzene rings is 1. The Hall–Kier alpha value is -1.43. The van der Waals surface area contributed by atoms with Gasteiger partial charge < -0.3 is 5.73 Å². The predicted octanol–water partition coefficient (Wildman–Crippen LogP) is 1.39. The molecule has 0 atom stereocenters. The maximum atomic E-state index is 10.6. The molecule has 0 radical (unpaired) electrons. The third-order valence-corrected chi connectivity index (χ3v) is 2.10. The van der Waals surface area contributed by atoms with Gasteiger partial charge in [-0.15, -0.1) is 0 Å². The topological polar surface area (TPSA) is 86.2 Å². The molecule has 0 aliphatic carbocycles. The zero-order chi connectivity index (χ0) is 10.7. The molecule has 0 unspecified atom stereocenters. The summed E-state index contributed by atoms with van der Waals surface area (Å²) < 4.78 is 0.595. The highest BCUT2D eigenvalue weighted by Gasteiger charge is 2.15. The Balaban J connectivity index is 3.14. The first-order valence-corrected chi connectivity index (χ1v) is 4.51. The summed E-state index contributed by atoms with van der Waals surface area (Å²) >= 11 is 3.11. The number of carbonyl (C=O) groups excluding carboxylic acids is 1. The van der Waals surface area contributed by atoms with Crippen LogP contribution in [0, 0.1) is 10.1 Å². The van der Waals surface area contributed by atoms with Gasteiger partial charge in [-0.25, -0.2) is 0 Å². The van der Waals surface area contributed by atoms with Crippen LogP contribution in [0.1, 0.15) is 5.56 Å². The van der Waals surface area contributed by atoms with Gasteiger partial charge in [0, 0.05) is 16.1 Å². The van der Waals surface area contributed by atoms with E-state index in [4.69, 9.17) is 5.73 Å². The number of rotatable bonds is 3. The molecule has 0 saturated carbocycles. The average Bonchev–Trinajstić information content (AvgIpc) is 2.07. The molecule has 1 aromatic rings. The maximum Gasteiger partial charge on any atom is 0.274 e. The van der Waals surface area contributed by atoms with Crippen LogP contribution in [-0.4, -0.2) is 10.8 Å². The first-order valence-electron chi connectivity index (χ1n) is 3.72. The van der Waals surface area contributed by atoms with E-state index < -0.39 is 10.8 Å². The third kappa shape index (κ3) is 2.53. The van der Waals surface area contributed by atoms with Crippen molar-refractivity contribution in [2.75, 3.05) is 0 Å². The summed E-state index contributed by atoms with van der Waals surface area (Å²) in [6, 6.07) is 4.48. The molecule has 5 nitrogen and oxygen atoms in total. The van der Waals surface area contributed by atoms with Gasteiger partial charge in [-0.2, -0.15) is 0 Å². The zero-order valence-electron chi connectivity index (χ0n) is 7.07. The number of nitro benzene ring substituents is 1. The van der Waals surface area contributed by atoms with E-state index in [0.717, 1.165) is 0 Å². The van der Waals surface area contributed by atoms with Gasteiger partial charge in [0.15, 0.2) is 0 Å². The number of hydrogen-bond donors (Lipinski definition) is 1. The minimum atomic E-state index is -0.588. The van der Waals surface area contributed by atoms with Crippen molar-refractivity contribution in [2.45, 2.75) is 6.42 Å². The van der Waals surface area contributed by atoms with Crippen LogP contribution in [0.3, 0.4) is 0 Å². The van der Waals surface area contributed by atoms with E-state index >= 15 is 0 Å². The molecule has 0 fully saturated rings. The summed E-state index contributed by atoms with van der Waals surface area (Å²) in [4.78, 5) is 20.7. The van der Waals surface area contributed by atoms with Crippen molar-refractivity contribution in [2.24, 2.45) is 5.73 Å². The summed E-state index contributed by atoms with van der Waals surface area (Å²) in [6.45, 7) is 0. The number of primary amides is 1. The van der Waals surface area contributed by atoms with Crippen LogP contribution in [-0.2, 0) is 11.2 Å². The van der Waals surface area contributed by atoms with Crippen molar-refractivity contribution in [3.05, 3.63) is 38.3 Å². The highest BCUT2D eigenvalue weighted by atomic mass is 79.9. The van der Waals surface area contributed by atoms with Crippen LogP contribution in [0.5, 0.6) is 0 Å². The maximum absolute atomic E-state index is 10.6. The normalized spacial score (nSPS) is 9.79. The lowest BCUT2D eigenvalue weighted by Crippen LogP contribution is -2.14. The quantitative estimate of drug-likeness (QED) is 0.657. The van der Waals surface area contributed by atoms with Crippen molar-refractivity contribution in [1.29, 1.82) is 0 Å². The van der Waals surface area contributed by atoms with Crippen LogP contribution in [0.2, 0.25) is 0 Å². The molecular weight excluding hydrogens is 252 g/mol. The van der Waals surface area contributed by atoms with Crippen LogP contribution in [0.4, 0.5) is 5.69 Å². The Labute approximate surface area is 88.2 Å². The second-order valence-electron chi connectivity index (χ2n) is 2.67. The van der Waals surface area contributed by atoms with E-state index in [1.807, 2.05) is 0 Å². The Morgan fingerprint density at radius 2 is 2.21 bits per heavy atom. The molecule has 0 aliphatic rings. The molecule has 0 aliphatic heterocycles. The minimum Gasteiger partial charge on any atom is -0.369 e. The van der Waals surface area contributed by atoms with Crippen molar-refractivity contribution in [3.8, 4) is 0 Å². The molecule has 0 aromatic heterocycles. The summed E-state index contributed by atoms with van der Waals surface area (Å²) in [5.41, 5.74) is 5.18. The Morgan fingerprint density at radius 1 is 1.57 bits per heavy atom. The summed E-state index contributed by atoms with van der Waals surface area (Å²) in [5, 5.41) is 10.6. The number of halogens is 1. The number of nitrogens with two attached hydrogens (primary N) is 1. The van der Waals surface area contributed by atoms with Crippen LogP contribution in [0.25, 0.3) is 0 Å². The van der Waals surface area contributed by atoms with E-state index in [-0.39, 0.29) is 12.1 Å². The Morgan fingerprint density at radius 3 is 2.71 bits per heavy atom. The Bertz CT molecular complexity index is 392. The van der Waals surface area contributed by atoms with Gasteiger partial charge in [-0.1, -0.05) is 22.0 Å². The first kappa shape index (κ1) is 10.6. The molecule has 14 heavy (non-hydrogen) atoms. The molecular formula is C8H7BrN2O3. The number of amides is 1. The minimum absolute atomic E-state index is 0.0989. The highest BCUT2D eigenvalue weighted by molar-refractivity contribution is 9.10. The molecule has 1 amide bonds. The fourth-order valence-corrected chi connectivity index (χ4v) is 1.39. The van der Waals surface area contributed by atoms with Gasteiger partial charge in [0.1, 0.15) is 0 Å². The SMILES string of the molecule is NC(=O)Cc1ccc(Br)cc1[N+](=O)[O-]. The van der Waals surface area contributed by atoms with Crippen LogP contribution >= 0.6 is 15.9 Å². The van der Waals surface area contributed by atoms with Crippen molar-refractivity contribution in [1.82, 2.24) is 0 Å². The average molecular weight is 259 g/mol. The lowest BCUT2D eigenvalue weighted by Gasteiger charge is -2.00. The fourth-order valence-electron chi connectivity index (χ4n) is 1.04. The first-order chi connectivity index (χ1) is 6.50. The van der Waals surface area contributed by atoms with Crippen molar-refractivity contribution >= 4 is 27.5 Å². The van der Waals surface area contributed by atoms with E-state index in [9.17, 15) is 14.9 Å². The molecule has 0 spiro atoms. The molecule has 6 heteroatoms. The van der Waals surface area contributed by atoms with Gasteiger partial charge in [-0.3, -0.25) is 14.9 Å². The molecule has 0 heterocycles. The molecule has 0 saturated heterocycles. The molecule has 2 N–H and O–H groups in total. The standard InChI is InChI=1S/C8H7BrN2O3/c9-6-2-1-5(3-8(10)12)7(4-6)11(13)14/h1-2,4H,3H2,(H2,10,12). The predicted molar refractivity (Wildman–Crippen MR) is 53.7 cm³/mol. The van der Waals surface area contributed by atoms with Gasteiger partial charge in [0.2, 0.25) is 5.91 Å². The van der Waals surface area contributed by atoms with Gasteiger partial charge >= 0.3 is 0 Å². The zero-order valence-corrected chi connectivity index (χ0v) is 8.65. The molecule has 1 aromatic carbocycles. The van der Waals surface area contributed by atoms with Gasteiger partial charge in [0.25, 0.3) is 5.69 Å². The van der Waals surface area contributed by atoms with Crippen molar-refractivity contribution in [3.63, 3.8) is 0 Å². The summed E-state index contributed by atoms with van der Waals surface area (Å²) in [6.07, 6.45) is -0.121. The lowest BCUT2D eigenvalue weighted by molar-refractivity contribution is -0.385. The molecule has 74 valence electrons. The van der Waals surface area contributed by atoms with E-state index in [2.05, 4.69) is 15.9 Å². The number of carbonyl (C=O) groups is 1. The van der Waals surface area contributed by atoms with Crippen LogP contribution in [0.15, 0.2) is 22.7 Å². The van der Waals surface area contributed by atoms with Crippen molar-refractivity contribution < 1.29 is 9.72 Å². The van der Waals surface area contributed by atoms with E-state index in [1.54, 1.807) is 6.07 Å². The molecule has 1 rings (SSSR count).